The highest BCUT2D eigenvalue weighted by molar-refractivity contribution is 9.10. The molecule has 0 aliphatic heterocycles. The molecule has 0 unspecified atom stereocenters. The van der Waals surface area contributed by atoms with Gasteiger partial charge in [-0.25, -0.2) is 4.98 Å². The van der Waals surface area contributed by atoms with Gasteiger partial charge in [-0.05, 0) is 18.2 Å². The van der Waals surface area contributed by atoms with Gasteiger partial charge < -0.3 is 9.88 Å². The van der Waals surface area contributed by atoms with Crippen LogP contribution in [-0.4, -0.2) is 16.1 Å². The van der Waals surface area contributed by atoms with Crippen LogP contribution < -0.4 is 5.32 Å². The Balaban J connectivity index is 2.08. The number of alkyl halides is 3. The molecule has 1 aromatic heterocycles. The summed E-state index contributed by atoms with van der Waals surface area (Å²) in [6.45, 7) is 0.930. The Morgan fingerprint density at radius 3 is 2.74 bits per heavy atom. The first-order valence-electron chi connectivity index (χ1n) is 5.53. The molecule has 0 amide bonds. The lowest BCUT2D eigenvalue weighted by Gasteiger charge is -2.15. The van der Waals surface area contributed by atoms with Gasteiger partial charge in [0.15, 0.2) is 0 Å². The maximum atomic E-state index is 12.8. The number of anilines is 1. The highest BCUT2D eigenvalue weighted by Gasteiger charge is 2.33. The van der Waals surface area contributed by atoms with Gasteiger partial charge in [0.05, 0.1) is 11.9 Å². The van der Waals surface area contributed by atoms with E-state index in [1.54, 1.807) is 23.3 Å². The van der Waals surface area contributed by atoms with Crippen molar-refractivity contribution in [2.24, 2.45) is 0 Å². The number of imidazole rings is 1. The molecule has 1 heterocycles. The van der Waals surface area contributed by atoms with Crippen LogP contribution >= 0.6 is 15.9 Å². The van der Waals surface area contributed by atoms with Gasteiger partial charge in [-0.2, -0.15) is 13.2 Å². The van der Waals surface area contributed by atoms with E-state index in [0.29, 0.717) is 17.6 Å². The fourth-order valence-electron chi connectivity index (χ4n) is 1.65. The molecule has 0 fully saturated rings. The quantitative estimate of drug-likeness (QED) is 0.922. The number of rotatable bonds is 4. The summed E-state index contributed by atoms with van der Waals surface area (Å²) < 4.78 is 40.8. The topological polar surface area (TPSA) is 29.9 Å². The fourth-order valence-corrected chi connectivity index (χ4v) is 2.01. The van der Waals surface area contributed by atoms with E-state index in [2.05, 4.69) is 26.2 Å². The van der Waals surface area contributed by atoms with E-state index in [1.807, 2.05) is 0 Å². The van der Waals surface area contributed by atoms with Crippen molar-refractivity contribution in [3.05, 3.63) is 47.0 Å². The molecule has 0 bridgehead atoms. The van der Waals surface area contributed by atoms with Crippen LogP contribution in [0.3, 0.4) is 0 Å². The highest BCUT2D eigenvalue weighted by atomic mass is 79.9. The Bertz CT molecular complexity index is 538. The largest absolute Gasteiger partial charge is 0.418 e. The summed E-state index contributed by atoms with van der Waals surface area (Å²) in [7, 11) is 0. The van der Waals surface area contributed by atoms with Gasteiger partial charge in [-0.1, -0.05) is 15.9 Å². The Hall–Kier alpha value is -1.50. The predicted octanol–water partition coefficient (Wildman–Crippen LogP) is 3.78. The first-order valence-corrected chi connectivity index (χ1v) is 6.32. The van der Waals surface area contributed by atoms with Crippen LogP contribution in [0.2, 0.25) is 0 Å². The summed E-state index contributed by atoms with van der Waals surface area (Å²) in [4.78, 5) is 3.87. The molecular formula is C12H11BrF3N3. The lowest BCUT2D eigenvalue weighted by atomic mass is 10.1. The smallest absolute Gasteiger partial charge is 0.383 e. The molecule has 7 heteroatoms. The second-order valence-corrected chi connectivity index (χ2v) is 4.83. The minimum absolute atomic E-state index is 0.0713. The van der Waals surface area contributed by atoms with Crippen LogP contribution in [0.1, 0.15) is 5.56 Å². The fraction of sp³-hybridized carbons (Fsp3) is 0.250. The normalized spacial score (nSPS) is 11.6. The summed E-state index contributed by atoms with van der Waals surface area (Å²) in [5.74, 6) is 0. The van der Waals surface area contributed by atoms with E-state index in [-0.39, 0.29) is 5.69 Å². The molecule has 0 aliphatic carbocycles. The van der Waals surface area contributed by atoms with E-state index >= 15 is 0 Å². The Morgan fingerprint density at radius 1 is 1.32 bits per heavy atom. The van der Waals surface area contributed by atoms with E-state index in [0.717, 1.165) is 6.07 Å². The van der Waals surface area contributed by atoms with Crippen molar-refractivity contribution in [3.8, 4) is 0 Å². The third kappa shape index (κ3) is 3.73. The molecule has 1 aromatic carbocycles. The molecule has 0 saturated carbocycles. The first-order chi connectivity index (χ1) is 8.97. The van der Waals surface area contributed by atoms with E-state index in [9.17, 15) is 13.2 Å². The van der Waals surface area contributed by atoms with Crippen molar-refractivity contribution < 1.29 is 13.2 Å². The van der Waals surface area contributed by atoms with Gasteiger partial charge in [-0.15, -0.1) is 0 Å². The lowest BCUT2D eigenvalue weighted by molar-refractivity contribution is -0.137. The summed E-state index contributed by atoms with van der Waals surface area (Å²) in [5, 5.41) is 2.80. The summed E-state index contributed by atoms with van der Waals surface area (Å²) in [6.07, 6.45) is 0.638. The molecule has 0 aliphatic rings. The maximum absolute atomic E-state index is 12.8. The number of benzene rings is 1. The lowest BCUT2D eigenvalue weighted by Crippen LogP contribution is -2.14. The zero-order chi connectivity index (χ0) is 13.9. The van der Waals surface area contributed by atoms with Crippen molar-refractivity contribution >= 4 is 21.6 Å². The SMILES string of the molecule is FC(F)(F)c1ccc(Br)cc1NCCn1ccnc1. The molecule has 0 atom stereocenters. The zero-order valence-corrected chi connectivity index (χ0v) is 11.4. The second kappa shape index (κ2) is 5.64. The van der Waals surface area contributed by atoms with Crippen LogP contribution in [0, 0.1) is 0 Å². The third-order valence-corrected chi connectivity index (χ3v) is 3.02. The van der Waals surface area contributed by atoms with Crippen molar-refractivity contribution in [1.29, 1.82) is 0 Å². The highest BCUT2D eigenvalue weighted by Crippen LogP contribution is 2.36. The van der Waals surface area contributed by atoms with E-state index in [4.69, 9.17) is 0 Å². The van der Waals surface area contributed by atoms with Crippen LogP contribution in [-0.2, 0) is 12.7 Å². The van der Waals surface area contributed by atoms with E-state index in [1.165, 1.54) is 12.1 Å². The number of aromatic nitrogens is 2. The summed E-state index contributed by atoms with van der Waals surface area (Å²) in [6, 6.07) is 3.87. The first kappa shape index (κ1) is 13.9. The summed E-state index contributed by atoms with van der Waals surface area (Å²) >= 11 is 3.17. The third-order valence-electron chi connectivity index (χ3n) is 2.53. The minimum Gasteiger partial charge on any atom is -0.383 e. The molecule has 19 heavy (non-hydrogen) atoms. The van der Waals surface area contributed by atoms with Crippen LogP contribution in [0.4, 0.5) is 18.9 Å². The van der Waals surface area contributed by atoms with Crippen molar-refractivity contribution in [1.82, 2.24) is 9.55 Å². The standard InChI is InChI=1S/C12H11BrF3N3/c13-9-1-2-10(12(14,15)16)11(7-9)18-4-6-19-5-3-17-8-19/h1-3,5,7-8,18H,4,6H2. The number of hydrogen-bond donors (Lipinski definition) is 1. The maximum Gasteiger partial charge on any atom is 0.418 e. The number of hydrogen-bond acceptors (Lipinski definition) is 2. The van der Waals surface area contributed by atoms with Crippen LogP contribution in [0.5, 0.6) is 0 Å². The van der Waals surface area contributed by atoms with Gasteiger partial charge in [0.1, 0.15) is 0 Å². The van der Waals surface area contributed by atoms with Gasteiger partial charge in [-0.3, -0.25) is 0 Å². The molecule has 2 rings (SSSR count). The van der Waals surface area contributed by atoms with Crippen LogP contribution in [0.25, 0.3) is 0 Å². The predicted molar refractivity (Wildman–Crippen MR) is 69.9 cm³/mol. The molecule has 1 N–H and O–H groups in total. The van der Waals surface area contributed by atoms with Crippen molar-refractivity contribution in [3.63, 3.8) is 0 Å². The molecule has 0 radical (unpaired) electrons. The Morgan fingerprint density at radius 2 is 2.11 bits per heavy atom. The Kier molecular flexibility index (Phi) is 4.14. The van der Waals surface area contributed by atoms with Gasteiger partial charge in [0.25, 0.3) is 0 Å². The van der Waals surface area contributed by atoms with E-state index < -0.39 is 11.7 Å². The average Bonchev–Trinajstić information content (AvgIpc) is 2.80. The number of nitrogens with zero attached hydrogens (tertiary/aromatic N) is 2. The number of nitrogens with one attached hydrogen (secondary N) is 1. The minimum atomic E-state index is -4.36. The second-order valence-electron chi connectivity index (χ2n) is 3.91. The number of halogens is 4. The van der Waals surface area contributed by atoms with Crippen molar-refractivity contribution in [2.45, 2.75) is 12.7 Å². The molecule has 2 aromatic rings. The van der Waals surface area contributed by atoms with Gasteiger partial charge in [0.2, 0.25) is 0 Å². The molecular weight excluding hydrogens is 323 g/mol. The molecule has 0 saturated heterocycles. The monoisotopic (exact) mass is 333 g/mol. The van der Waals surface area contributed by atoms with Gasteiger partial charge in [0, 0.05) is 35.6 Å². The molecule has 0 spiro atoms. The molecule has 3 nitrogen and oxygen atoms in total. The van der Waals surface area contributed by atoms with Crippen molar-refractivity contribution in [2.75, 3.05) is 11.9 Å². The summed E-state index contributed by atoms with van der Waals surface area (Å²) in [5.41, 5.74) is -0.594. The zero-order valence-electron chi connectivity index (χ0n) is 9.78. The van der Waals surface area contributed by atoms with Crippen LogP contribution in [0.15, 0.2) is 41.4 Å². The molecule has 102 valence electrons. The Labute approximate surface area is 116 Å². The van der Waals surface area contributed by atoms with Gasteiger partial charge >= 0.3 is 6.18 Å². The average molecular weight is 334 g/mol.